The minimum atomic E-state index is -4.94. The number of fused-ring (bicyclic) bond motifs is 1. The lowest BCUT2D eigenvalue weighted by atomic mass is 10.1. The Balaban J connectivity index is 1.97. The van der Waals surface area contributed by atoms with E-state index < -0.39 is 29.4 Å². The van der Waals surface area contributed by atoms with Crippen molar-refractivity contribution in [2.75, 3.05) is 5.43 Å². The van der Waals surface area contributed by atoms with Gasteiger partial charge in [0.2, 0.25) is 5.91 Å². The molecule has 3 rings (SSSR count). The van der Waals surface area contributed by atoms with Gasteiger partial charge in [-0.2, -0.15) is 0 Å². The lowest BCUT2D eigenvalue weighted by molar-refractivity contribution is -0.274. The van der Waals surface area contributed by atoms with E-state index in [9.17, 15) is 27.2 Å². The number of ether oxygens (including phenoxy) is 1. The van der Waals surface area contributed by atoms with E-state index in [0.717, 1.165) is 10.7 Å². The molecule has 3 aromatic rings. The molecule has 152 valence electrons. The van der Waals surface area contributed by atoms with Gasteiger partial charge in [0.1, 0.15) is 17.2 Å². The molecule has 0 radical (unpaired) electrons. The Labute approximate surface area is 161 Å². The SMILES string of the molecule is CCc1nc2c(OC(F)(F)F)cccc2c(=O)n1NC(=O)Cc1ccc(F)cc1. The zero-order valence-electron chi connectivity index (χ0n) is 15.1. The van der Waals surface area contributed by atoms with E-state index in [1.165, 1.54) is 36.4 Å². The highest BCUT2D eigenvalue weighted by Gasteiger charge is 2.32. The predicted octanol–water partition coefficient (Wildman–Crippen LogP) is 3.31. The first kappa shape index (κ1) is 20.3. The highest BCUT2D eigenvalue weighted by Crippen LogP contribution is 2.28. The second kappa shape index (κ2) is 7.90. The Morgan fingerprint density at radius 1 is 1.17 bits per heavy atom. The molecule has 0 fully saturated rings. The number of aromatic nitrogens is 2. The number of halogens is 4. The van der Waals surface area contributed by atoms with Gasteiger partial charge in [-0.1, -0.05) is 25.1 Å². The van der Waals surface area contributed by atoms with Crippen LogP contribution in [0, 0.1) is 5.82 Å². The zero-order chi connectivity index (χ0) is 21.2. The Morgan fingerprint density at radius 3 is 2.48 bits per heavy atom. The third-order valence-corrected chi connectivity index (χ3v) is 3.99. The molecule has 0 unspecified atom stereocenters. The van der Waals surface area contributed by atoms with Gasteiger partial charge < -0.3 is 4.74 Å². The molecule has 0 atom stereocenters. The highest BCUT2D eigenvalue weighted by molar-refractivity contribution is 5.87. The van der Waals surface area contributed by atoms with Crippen molar-refractivity contribution < 1.29 is 27.1 Å². The molecule has 0 aliphatic heterocycles. The smallest absolute Gasteiger partial charge is 0.403 e. The van der Waals surface area contributed by atoms with Crippen molar-refractivity contribution in [1.29, 1.82) is 0 Å². The Bertz CT molecular complexity index is 1110. The fourth-order valence-corrected chi connectivity index (χ4v) is 2.74. The first-order valence-electron chi connectivity index (χ1n) is 8.52. The van der Waals surface area contributed by atoms with Crippen LogP contribution in [0.25, 0.3) is 10.9 Å². The van der Waals surface area contributed by atoms with Gasteiger partial charge in [0.05, 0.1) is 11.8 Å². The molecule has 1 amide bonds. The summed E-state index contributed by atoms with van der Waals surface area (Å²) in [6.45, 7) is 1.63. The maximum Gasteiger partial charge on any atom is 0.573 e. The standard InChI is InChI=1S/C19H15F4N3O3/c1-2-15-24-17-13(4-3-5-14(17)29-19(21,22)23)18(28)26(15)25-16(27)10-11-6-8-12(20)9-7-11/h3-9H,2,10H2,1H3,(H,25,27). The number of nitrogens with zero attached hydrogens (tertiary/aromatic N) is 2. The molecule has 1 aromatic heterocycles. The summed E-state index contributed by atoms with van der Waals surface area (Å²) in [6.07, 6.45) is -4.92. The van der Waals surface area contributed by atoms with Crippen LogP contribution in [-0.2, 0) is 17.6 Å². The van der Waals surface area contributed by atoms with Crippen LogP contribution in [0.2, 0.25) is 0 Å². The van der Waals surface area contributed by atoms with Crippen LogP contribution in [0.3, 0.4) is 0 Å². The fraction of sp³-hybridized carbons (Fsp3) is 0.211. The largest absolute Gasteiger partial charge is 0.573 e. The quantitative estimate of drug-likeness (QED) is 0.657. The van der Waals surface area contributed by atoms with Crippen LogP contribution in [-0.4, -0.2) is 21.9 Å². The Hall–Kier alpha value is -3.43. The van der Waals surface area contributed by atoms with E-state index in [1.54, 1.807) is 6.92 Å². The monoisotopic (exact) mass is 409 g/mol. The molecule has 10 heteroatoms. The van der Waals surface area contributed by atoms with E-state index >= 15 is 0 Å². The number of alkyl halides is 3. The normalized spacial score (nSPS) is 11.5. The molecule has 0 bridgehead atoms. The van der Waals surface area contributed by atoms with E-state index in [2.05, 4.69) is 15.1 Å². The first-order chi connectivity index (χ1) is 13.7. The topological polar surface area (TPSA) is 73.2 Å². The number of amides is 1. The van der Waals surface area contributed by atoms with E-state index in [0.29, 0.717) is 5.56 Å². The summed E-state index contributed by atoms with van der Waals surface area (Å²) in [7, 11) is 0. The van der Waals surface area contributed by atoms with Crippen LogP contribution in [0.4, 0.5) is 17.6 Å². The van der Waals surface area contributed by atoms with Gasteiger partial charge in [0, 0.05) is 6.42 Å². The molecular weight excluding hydrogens is 394 g/mol. The van der Waals surface area contributed by atoms with Crippen LogP contribution in [0.15, 0.2) is 47.3 Å². The average molecular weight is 409 g/mol. The third kappa shape index (κ3) is 4.71. The summed E-state index contributed by atoms with van der Waals surface area (Å²) in [4.78, 5) is 29.2. The molecule has 0 saturated heterocycles. The zero-order valence-corrected chi connectivity index (χ0v) is 15.1. The molecule has 0 spiro atoms. The van der Waals surface area contributed by atoms with E-state index in [-0.39, 0.29) is 29.6 Å². The molecular formula is C19H15F4N3O3. The molecule has 0 aliphatic rings. The minimum absolute atomic E-state index is 0.0492. The van der Waals surface area contributed by atoms with Gasteiger partial charge >= 0.3 is 6.36 Å². The van der Waals surface area contributed by atoms with Gasteiger partial charge in [-0.25, -0.2) is 14.1 Å². The number of benzene rings is 2. The minimum Gasteiger partial charge on any atom is -0.403 e. The summed E-state index contributed by atoms with van der Waals surface area (Å²) >= 11 is 0. The number of hydrogen-bond acceptors (Lipinski definition) is 4. The molecule has 6 nitrogen and oxygen atoms in total. The third-order valence-electron chi connectivity index (χ3n) is 3.99. The number of carbonyl (C=O) groups excluding carboxylic acids is 1. The van der Waals surface area contributed by atoms with Gasteiger partial charge in [-0.3, -0.25) is 15.0 Å². The van der Waals surface area contributed by atoms with Gasteiger partial charge in [-0.15, -0.1) is 13.2 Å². The van der Waals surface area contributed by atoms with Crippen molar-refractivity contribution in [2.24, 2.45) is 0 Å². The fourth-order valence-electron chi connectivity index (χ4n) is 2.74. The van der Waals surface area contributed by atoms with Crippen LogP contribution < -0.4 is 15.7 Å². The van der Waals surface area contributed by atoms with Crippen molar-refractivity contribution in [3.8, 4) is 5.75 Å². The van der Waals surface area contributed by atoms with Gasteiger partial charge in [0.25, 0.3) is 5.56 Å². The second-order valence-corrected chi connectivity index (χ2v) is 6.06. The molecule has 0 saturated carbocycles. The maximum atomic E-state index is 13.0. The molecule has 2 aromatic carbocycles. The number of rotatable bonds is 5. The number of carbonyl (C=O) groups is 1. The van der Waals surface area contributed by atoms with E-state index in [1.807, 2.05) is 0 Å². The Kier molecular flexibility index (Phi) is 5.53. The summed E-state index contributed by atoms with van der Waals surface area (Å²) in [6, 6.07) is 8.82. The van der Waals surface area contributed by atoms with Crippen molar-refractivity contribution >= 4 is 16.8 Å². The van der Waals surface area contributed by atoms with Crippen molar-refractivity contribution in [3.63, 3.8) is 0 Å². The second-order valence-electron chi connectivity index (χ2n) is 6.06. The van der Waals surface area contributed by atoms with Crippen LogP contribution in [0.1, 0.15) is 18.3 Å². The molecule has 1 N–H and O–H groups in total. The molecule has 0 aliphatic carbocycles. The van der Waals surface area contributed by atoms with Crippen molar-refractivity contribution in [3.05, 3.63) is 70.0 Å². The molecule has 1 heterocycles. The van der Waals surface area contributed by atoms with Crippen molar-refractivity contribution in [2.45, 2.75) is 26.1 Å². The summed E-state index contributed by atoms with van der Waals surface area (Å²) in [5, 5.41) is -0.147. The Morgan fingerprint density at radius 2 is 1.86 bits per heavy atom. The van der Waals surface area contributed by atoms with Crippen LogP contribution in [0.5, 0.6) is 5.75 Å². The molecule has 29 heavy (non-hydrogen) atoms. The number of hydrogen-bond donors (Lipinski definition) is 1. The number of aryl methyl sites for hydroxylation is 1. The van der Waals surface area contributed by atoms with E-state index in [4.69, 9.17) is 0 Å². The number of para-hydroxylation sites is 1. The highest BCUT2D eigenvalue weighted by atomic mass is 19.4. The average Bonchev–Trinajstić information content (AvgIpc) is 2.65. The first-order valence-corrected chi connectivity index (χ1v) is 8.52. The summed E-state index contributed by atoms with van der Waals surface area (Å²) in [5.41, 5.74) is 1.92. The van der Waals surface area contributed by atoms with Gasteiger partial charge in [0.15, 0.2) is 5.75 Å². The summed E-state index contributed by atoms with van der Waals surface area (Å²) < 4.78 is 55.7. The lowest BCUT2D eigenvalue weighted by Gasteiger charge is -2.15. The van der Waals surface area contributed by atoms with Crippen LogP contribution >= 0.6 is 0 Å². The number of nitrogens with one attached hydrogen (secondary N) is 1. The maximum absolute atomic E-state index is 13.0. The van der Waals surface area contributed by atoms with Crippen molar-refractivity contribution in [1.82, 2.24) is 9.66 Å². The predicted molar refractivity (Wildman–Crippen MR) is 96.5 cm³/mol. The van der Waals surface area contributed by atoms with Gasteiger partial charge in [-0.05, 0) is 29.8 Å². The lowest BCUT2D eigenvalue weighted by Crippen LogP contribution is -2.37. The summed E-state index contributed by atoms with van der Waals surface area (Å²) in [5.74, 6) is -1.58.